The predicted octanol–water partition coefficient (Wildman–Crippen LogP) is 5.98. The van der Waals surface area contributed by atoms with Crippen LogP contribution < -0.4 is 4.90 Å². The van der Waals surface area contributed by atoms with E-state index in [9.17, 15) is 22.8 Å². The predicted molar refractivity (Wildman–Crippen MR) is 127 cm³/mol. The highest BCUT2D eigenvalue weighted by Gasteiger charge is 2.43. The number of benzene rings is 1. The van der Waals surface area contributed by atoms with Gasteiger partial charge in [-0.05, 0) is 48.1 Å². The summed E-state index contributed by atoms with van der Waals surface area (Å²) in [6.45, 7) is -0.354. The Labute approximate surface area is 207 Å². The summed E-state index contributed by atoms with van der Waals surface area (Å²) in [7, 11) is 0. The van der Waals surface area contributed by atoms with Crippen LogP contribution in [0.2, 0.25) is 0 Å². The first-order chi connectivity index (χ1) is 17.3. The number of rotatable bonds is 7. The largest absolute Gasteiger partial charge is 0.471 e. The Bertz CT molecular complexity index is 1160. The summed E-state index contributed by atoms with van der Waals surface area (Å²) in [6, 6.07) is 15.0. The van der Waals surface area contributed by atoms with E-state index >= 15 is 0 Å². The lowest BCUT2D eigenvalue weighted by atomic mass is 9.85. The molecule has 0 N–H and O–H groups in total. The molecule has 0 aliphatic heterocycles. The molecule has 0 spiro atoms. The number of ether oxygens (including phenoxy) is 1. The van der Waals surface area contributed by atoms with Gasteiger partial charge in [-0.2, -0.15) is 13.2 Å². The molecule has 1 aliphatic carbocycles. The van der Waals surface area contributed by atoms with Gasteiger partial charge in [-0.3, -0.25) is 14.7 Å². The molecule has 4 rings (SSSR count). The van der Waals surface area contributed by atoms with Crippen LogP contribution in [0, 0.1) is 0 Å². The third-order valence-corrected chi connectivity index (χ3v) is 6.21. The Morgan fingerprint density at radius 1 is 0.917 bits per heavy atom. The monoisotopic (exact) mass is 497 g/mol. The molecule has 2 heterocycles. The van der Waals surface area contributed by atoms with Crippen LogP contribution in [0.15, 0.2) is 67.0 Å². The van der Waals surface area contributed by atoms with Crippen LogP contribution in [0.4, 0.5) is 18.9 Å². The lowest BCUT2D eigenvalue weighted by molar-refractivity contribution is -0.170. The molecule has 9 heteroatoms. The summed E-state index contributed by atoms with van der Waals surface area (Å²) in [6.07, 6.45) is 3.33. The number of alkyl halides is 3. The molecular formula is C27H26F3N3O3. The first kappa shape index (κ1) is 25.3. The van der Waals surface area contributed by atoms with E-state index in [1.54, 1.807) is 36.5 Å². The fraction of sp³-hybridized carbons (Fsp3) is 0.333. The summed E-state index contributed by atoms with van der Waals surface area (Å²) in [5, 5.41) is 0. The Morgan fingerprint density at radius 3 is 2.28 bits per heavy atom. The second-order valence-electron chi connectivity index (χ2n) is 8.77. The summed E-state index contributed by atoms with van der Waals surface area (Å²) >= 11 is 0. The van der Waals surface area contributed by atoms with Crippen molar-refractivity contribution >= 4 is 17.6 Å². The highest BCUT2D eigenvalue weighted by Crippen LogP contribution is 2.32. The number of amides is 1. The first-order valence-electron chi connectivity index (χ1n) is 11.8. The number of carbonyl (C=O) groups excluding carboxylic acids is 2. The van der Waals surface area contributed by atoms with Crippen molar-refractivity contribution in [1.29, 1.82) is 0 Å². The maximum atomic E-state index is 13.4. The van der Waals surface area contributed by atoms with Crippen LogP contribution in [-0.4, -0.2) is 28.0 Å². The molecule has 1 aliphatic rings. The number of halogens is 3. The van der Waals surface area contributed by atoms with Crippen molar-refractivity contribution in [3.05, 3.63) is 89.5 Å². The molecule has 3 aromatic rings. The molecular weight excluding hydrogens is 471 g/mol. The number of hydrogen-bond acceptors (Lipinski definition) is 5. The van der Waals surface area contributed by atoms with Crippen molar-refractivity contribution in [1.82, 2.24) is 9.97 Å². The summed E-state index contributed by atoms with van der Waals surface area (Å²) in [4.78, 5) is 33.3. The van der Waals surface area contributed by atoms with Gasteiger partial charge in [-0.1, -0.05) is 55.7 Å². The average molecular weight is 498 g/mol. The maximum absolute atomic E-state index is 13.4. The van der Waals surface area contributed by atoms with Gasteiger partial charge in [0.2, 0.25) is 0 Å². The molecule has 0 saturated heterocycles. The van der Waals surface area contributed by atoms with Crippen molar-refractivity contribution in [3.8, 4) is 0 Å². The van der Waals surface area contributed by atoms with E-state index in [2.05, 4.69) is 9.97 Å². The Hall–Kier alpha value is -3.75. The van der Waals surface area contributed by atoms with Crippen molar-refractivity contribution in [2.45, 2.75) is 57.3 Å². The minimum atomic E-state index is -5.09. The Morgan fingerprint density at radius 2 is 1.67 bits per heavy atom. The van der Waals surface area contributed by atoms with Gasteiger partial charge in [0.15, 0.2) is 0 Å². The fourth-order valence-electron chi connectivity index (χ4n) is 4.27. The van der Waals surface area contributed by atoms with Gasteiger partial charge in [-0.15, -0.1) is 0 Å². The molecule has 0 radical (unpaired) electrons. The summed E-state index contributed by atoms with van der Waals surface area (Å²) in [5.74, 6) is -2.35. The van der Waals surface area contributed by atoms with Gasteiger partial charge >= 0.3 is 18.1 Å². The van der Waals surface area contributed by atoms with Crippen molar-refractivity contribution in [2.75, 3.05) is 4.90 Å². The van der Waals surface area contributed by atoms with Gasteiger partial charge < -0.3 is 4.74 Å². The van der Waals surface area contributed by atoms with E-state index in [0.29, 0.717) is 16.5 Å². The molecule has 1 aromatic carbocycles. The highest BCUT2D eigenvalue weighted by molar-refractivity contribution is 5.97. The van der Waals surface area contributed by atoms with Crippen LogP contribution in [0.25, 0.3) is 0 Å². The molecule has 2 aromatic heterocycles. The molecule has 36 heavy (non-hydrogen) atoms. The zero-order valence-corrected chi connectivity index (χ0v) is 19.6. The van der Waals surface area contributed by atoms with Crippen LogP contribution in [0.5, 0.6) is 0 Å². The van der Waals surface area contributed by atoms with Crippen molar-refractivity contribution in [3.63, 3.8) is 0 Å². The van der Waals surface area contributed by atoms with Crippen LogP contribution in [-0.2, 0) is 22.7 Å². The van der Waals surface area contributed by atoms with Crippen molar-refractivity contribution < 1.29 is 27.5 Å². The van der Waals surface area contributed by atoms with E-state index in [0.717, 1.165) is 43.0 Å². The Balaban J connectivity index is 1.47. The number of pyridine rings is 2. The van der Waals surface area contributed by atoms with Crippen LogP contribution >= 0.6 is 0 Å². The third-order valence-electron chi connectivity index (χ3n) is 6.21. The minimum Gasteiger partial charge on any atom is -0.456 e. The van der Waals surface area contributed by atoms with Crippen LogP contribution in [0.3, 0.4) is 0 Å². The molecule has 0 bridgehead atoms. The van der Waals surface area contributed by atoms with Gasteiger partial charge in [0.1, 0.15) is 12.3 Å². The molecule has 1 amide bonds. The number of anilines is 1. The molecule has 0 unspecified atom stereocenters. The second kappa shape index (κ2) is 11.3. The number of esters is 1. The summed E-state index contributed by atoms with van der Waals surface area (Å²) in [5.41, 5.74) is 1.98. The third kappa shape index (κ3) is 6.47. The fourth-order valence-corrected chi connectivity index (χ4v) is 4.27. The Kier molecular flexibility index (Phi) is 7.97. The van der Waals surface area contributed by atoms with E-state index in [4.69, 9.17) is 4.74 Å². The maximum Gasteiger partial charge on any atom is 0.471 e. The van der Waals surface area contributed by atoms with Crippen molar-refractivity contribution in [2.24, 2.45) is 0 Å². The average Bonchev–Trinajstić information content (AvgIpc) is 2.91. The summed E-state index contributed by atoms with van der Waals surface area (Å²) < 4.78 is 45.3. The lowest BCUT2D eigenvalue weighted by Gasteiger charge is -2.24. The van der Waals surface area contributed by atoms with Gasteiger partial charge in [0.25, 0.3) is 0 Å². The van der Waals surface area contributed by atoms with E-state index < -0.39 is 18.1 Å². The number of carbonyl (C=O) groups is 2. The molecule has 0 atom stereocenters. The van der Waals surface area contributed by atoms with E-state index in [1.807, 2.05) is 12.1 Å². The molecule has 6 nitrogen and oxygen atoms in total. The van der Waals surface area contributed by atoms with Gasteiger partial charge in [-0.25, -0.2) is 9.78 Å². The number of hydrogen-bond donors (Lipinski definition) is 0. The van der Waals surface area contributed by atoms with Crippen LogP contribution in [0.1, 0.15) is 65.3 Å². The molecule has 1 saturated carbocycles. The zero-order valence-electron chi connectivity index (χ0n) is 19.6. The quantitative estimate of drug-likeness (QED) is 0.376. The SMILES string of the molecule is O=C(OCc1ccccc1)c1ccc(N(Cc2ccc(C3CCCCC3)cn2)C(=O)C(F)(F)F)cn1. The first-order valence-corrected chi connectivity index (χ1v) is 11.8. The van der Waals surface area contributed by atoms with Gasteiger partial charge in [0, 0.05) is 6.20 Å². The molecule has 188 valence electrons. The topological polar surface area (TPSA) is 72.4 Å². The number of aromatic nitrogens is 2. The molecule has 1 fully saturated rings. The highest BCUT2D eigenvalue weighted by atomic mass is 19.4. The van der Waals surface area contributed by atoms with Gasteiger partial charge in [0.05, 0.1) is 24.1 Å². The minimum absolute atomic E-state index is 0.0321. The smallest absolute Gasteiger partial charge is 0.456 e. The van der Waals surface area contributed by atoms with E-state index in [-0.39, 0.29) is 24.5 Å². The second-order valence-corrected chi connectivity index (χ2v) is 8.77. The normalized spacial score (nSPS) is 14.3. The lowest BCUT2D eigenvalue weighted by Crippen LogP contribution is -2.41. The van der Waals surface area contributed by atoms with E-state index in [1.165, 1.54) is 18.6 Å². The number of nitrogens with zero attached hydrogens (tertiary/aromatic N) is 3. The standard InChI is InChI=1S/C27H26F3N3O3/c28-27(29,30)26(35)33(17-22-12-11-21(15-31-22)20-9-5-2-6-10-20)23-13-14-24(32-16-23)25(34)36-18-19-7-3-1-4-8-19/h1,3-4,7-8,11-16,20H,2,5-6,9-10,17-18H2. The zero-order chi connectivity index (χ0) is 25.5.